The quantitative estimate of drug-likeness (QED) is 0.778. The predicted molar refractivity (Wildman–Crippen MR) is 95.1 cm³/mol. The Morgan fingerprint density at radius 1 is 1.19 bits per heavy atom. The van der Waals surface area contributed by atoms with E-state index in [-0.39, 0.29) is 23.8 Å². The molecule has 0 aromatic carbocycles. The predicted octanol–water partition coefficient (Wildman–Crippen LogP) is 0.363. The van der Waals surface area contributed by atoms with Gasteiger partial charge in [0.15, 0.2) is 0 Å². The highest BCUT2D eigenvalue weighted by molar-refractivity contribution is 5.81. The van der Waals surface area contributed by atoms with Crippen LogP contribution in [0.25, 0.3) is 0 Å². The van der Waals surface area contributed by atoms with Crippen LogP contribution in [-0.4, -0.2) is 83.5 Å². The molecule has 4 saturated heterocycles. The summed E-state index contributed by atoms with van der Waals surface area (Å²) in [4.78, 5) is 35.9. The molecular weight excluding hydrogens is 332 g/mol. The number of ether oxygens (including phenoxy) is 1. The molecule has 140 valence electrons. The van der Waals surface area contributed by atoms with Crippen molar-refractivity contribution in [3.63, 3.8) is 0 Å². The first kappa shape index (κ1) is 17.4. The minimum Gasteiger partial charge on any atom is -0.378 e. The van der Waals surface area contributed by atoms with E-state index in [4.69, 9.17) is 4.74 Å². The Labute approximate surface area is 153 Å². The molecule has 0 aliphatic carbocycles. The highest BCUT2D eigenvalue weighted by Gasteiger charge is 2.41. The molecule has 0 N–H and O–H groups in total. The van der Waals surface area contributed by atoms with Gasteiger partial charge in [0.2, 0.25) is 11.8 Å². The van der Waals surface area contributed by atoms with Crippen LogP contribution in [-0.2, 0) is 20.9 Å². The zero-order chi connectivity index (χ0) is 17.9. The molecule has 4 fully saturated rings. The third-order valence-corrected chi connectivity index (χ3v) is 5.65. The standard InChI is InChI=1S/C19H26N4O3/c24-18(22-7-9-26-10-8-22)14-21-11-15-4-5-17(13-21)23(19(15)25)12-16-3-1-2-6-20-16/h1-3,6,15,17H,4-5,7-14H2/t15-,17+/m0/s1. The second-order valence-electron chi connectivity index (χ2n) is 7.40. The molecule has 5 rings (SSSR count). The maximum absolute atomic E-state index is 12.9. The first-order chi connectivity index (χ1) is 12.7. The molecule has 7 nitrogen and oxygen atoms in total. The summed E-state index contributed by atoms with van der Waals surface area (Å²) in [6.07, 6.45) is 3.69. The zero-order valence-electron chi connectivity index (χ0n) is 15.0. The van der Waals surface area contributed by atoms with Crippen LogP contribution in [0.3, 0.4) is 0 Å². The van der Waals surface area contributed by atoms with Gasteiger partial charge in [0.05, 0.1) is 37.9 Å². The van der Waals surface area contributed by atoms with Gasteiger partial charge in [-0.2, -0.15) is 0 Å². The maximum Gasteiger partial charge on any atom is 0.236 e. The Bertz CT molecular complexity index is 647. The molecule has 5 heterocycles. The average molecular weight is 358 g/mol. The lowest BCUT2D eigenvalue weighted by Gasteiger charge is -2.36. The van der Waals surface area contributed by atoms with Crippen molar-refractivity contribution >= 4 is 11.8 Å². The van der Waals surface area contributed by atoms with Crippen LogP contribution in [0, 0.1) is 5.92 Å². The summed E-state index contributed by atoms with van der Waals surface area (Å²) in [5, 5.41) is 0. The van der Waals surface area contributed by atoms with Gasteiger partial charge in [-0.05, 0) is 25.0 Å². The van der Waals surface area contributed by atoms with Crippen molar-refractivity contribution < 1.29 is 14.3 Å². The van der Waals surface area contributed by atoms with Gasteiger partial charge in [0.1, 0.15) is 0 Å². The topological polar surface area (TPSA) is 66.0 Å². The molecular formula is C19H26N4O3. The third kappa shape index (κ3) is 3.73. The number of hydrogen-bond donors (Lipinski definition) is 0. The number of nitrogens with zero attached hydrogens (tertiary/aromatic N) is 4. The SMILES string of the molecule is O=C(CN1C[C@@H]2CC[C@H](C1)N(Cc1ccccn1)C2=O)N1CCOCC1. The Balaban J connectivity index is 1.42. The second-order valence-corrected chi connectivity index (χ2v) is 7.40. The van der Waals surface area contributed by atoms with Crippen molar-refractivity contribution in [3.8, 4) is 0 Å². The van der Waals surface area contributed by atoms with Crippen molar-refractivity contribution in [2.45, 2.75) is 25.4 Å². The van der Waals surface area contributed by atoms with Gasteiger partial charge in [-0.25, -0.2) is 0 Å². The summed E-state index contributed by atoms with van der Waals surface area (Å²) in [6.45, 7) is 4.99. The first-order valence-electron chi connectivity index (χ1n) is 9.49. The lowest BCUT2D eigenvalue weighted by atomic mass is 9.94. The van der Waals surface area contributed by atoms with Gasteiger partial charge in [-0.3, -0.25) is 19.5 Å². The van der Waals surface area contributed by atoms with Crippen LogP contribution in [0.4, 0.5) is 0 Å². The molecule has 1 aromatic heterocycles. The number of carbonyl (C=O) groups excluding carboxylic acids is 2. The fraction of sp³-hybridized carbons (Fsp3) is 0.632. The Morgan fingerprint density at radius 3 is 2.81 bits per heavy atom. The van der Waals surface area contributed by atoms with Crippen LogP contribution < -0.4 is 0 Å². The number of rotatable bonds is 4. The van der Waals surface area contributed by atoms with E-state index in [0.29, 0.717) is 45.9 Å². The first-order valence-corrected chi connectivity index (χ1v) is 9.49. The molecule has 1 aromatic rings. The van der Waals surface area contributed by atoms with Gasteiger partial charge < -0.3 is 14.5 Å². The maximum atomic E-state index is 12.9. The van der Waals surface area contributed by atoms with Crippen molar-refractivity contribution in [1.29, 1.82) is 0 Å². The van der Waals surface area contributed by atoms with Crippen LogP contribution in [0.15, 0.2) is 24.4 Å². The molecule has 2 atom stereocenters. The van der Waals surface area contributed by atoms with Crippen molar-refractivity contribution in [1.82, 2.24) is 19.7 Å². The second kappa shape index (κ2) is 7.72. The van der Waals surface area contributed by atoms with E-state index in [1.807, 2.05) is 28.0 Å². The largest absolute Gasteiger partial charge is 0.378 e. The average Bonchev–Trinajstić information content (AvgIpc) is 2.95. The number of fused-ring (bicyclic) bond motifs is 4. The monoisotopic (exact) mass is 358 g/mol. The van der Waals surface area contributed by atoms with E-state index in [1.165, 1.54) is 0 Å². The summed E-state index contributed by atoms with van der Waals surface area (Å²) >= 11 is 0. The van der Waals surface area contributed by atoms with Gasteiger partial charge in [0.25, 0.3) is 0 Å². The van der Waals surface area contributed by atoms with E-state index in [9.17, 15) is 9.59 Å². The molecule has 2 bridgehead atoms. The summed E-state index contributed by atoms with van der Waals surface area (Å²) < 4.78 is 5.32. The number of carbonyl (C=O) groups is 2. The van der Waals surface area contributed by atoms with Crippen LogP contribution in [0.5, 0.6) is 0 Å². The van der Waals surface area contributed by atoms with Crippen LogP contribution in [0.1, 0.15) is 18.5 Å². The van der Waals surface area contributed by atoms with Gasteiger partial charge in [0, 0.05) is 38.4 Å². The van der Waals surface area contributed by atoms with E-state index < -0.39 is 0 Å². The van der Waals surface area contributed by atoms with Gasteiger partial charge in [-0.1, -0.05) is 6.07 Å². The number of pyridine rings is 1. The summed E-state index contributed by atoms with van der Waals surface area (Å²) in [5.41, 5.74) is 0.921. The smallest absolute Gasteiger partial charge is 0.236 e. The Morgan fingerprint density at radius 2 is 2.04 bits per heavy atom. The van der Waals surface area contributed by atoms with Crippen LogP contribution in [0.2, 0.25) is 0 Å². The van der Waals surface area contributed by atoms with Crippen molar-refractivity contribution in [3.05, 3.63) is 30.1 Å². The molecule has 4 aliphatic heterocycles. The summed E-state index contributed by atoms with van der Waals surface area (Å²) in [6, 6.07) is 5.97. The number of morpholine rings is 1. The molecule has 0 spiro atoms. The van der Waals surface area contributed by atoms with Crippen molar-refractivity contribution in [2.75, 3.05) is 45.9 Å². The third-order valence-electron chi connectivity index (χ3n) is 5.65. The van der Waals surface area contributed by atoms with Crippen molar-refractivity contribution in [2.24, 2.45) is 5.92 Å². The lowest BCUT2D eigenvalue weighted by molar-refractivity contribution is -0.141. The van der Waals surface area contributed by atoms with Gasteiger partial charge >= 0.3 is 0 Å². The van der Waals surface area contributed by atoms with E-state index in [1.54, 1.807) is 6.20 Å². The fourth-order valence-corrected chi connectivity index (χ4v) is 4.24. The van der Waals surface area contributed by atoms with E-state index >= 15 is 0 Å². The minimum absolute atomic E-state index is 0.00467. The number of hydrogen-bond acceptors (Lipinski definition) is 5. The molecule has 2 amide bonds. The number of piperidine rings is 1. The minimum atomic E-state index is -0.00467. The fourth-order valence-electron chi connectivity index (χ4n) is 4.24. The zero-order valence-corrected chi connectivity index (χ0v) is 15.0. The van der Waals surface area contributed by atoms with E-state index in [0.717, 1.165) is 25.1 Å². The highest BCUT2D eigenvalue weighted by atomic mass is 16.5. The molecule has 0 unspecified atom stereocenters. The Hall–Kier alpha value is -1.99. The molecule has 7 heteroatoms. The highest BCUT2D eigenvalue weighted by Crippen LogP contribution is 2.30. The molecule has 0 radical (unpaired) electrons. The van der Waals surface area contributed by atoms with Crippen LogP contribution >= 0.6 is 0 Å². The molecule has 0 saturated carbocycles. The number of aromatic nitrogens is 1. The van der Waals surface area contributed by atoms with E-state index in [2.05, 4.69) is 9.88 Å². The molecule has 4 aliphatic rings. The summed E-state index contributed by atoms with van der Waals surface area (Å²) in [7, 11) is 0. The molecule has 26 heavy (non-hydrogen) atoms. The normalized spacial score (nSPS) is 26.8. The summed E-state index contributed by atoms with van der Waals surface area (Å²) in [5.74, 6) is 0.363. The van der Waals surface area contributed by atoms with Gasteiger partial charge in [-0.15, -0.1) is 0 Å². The Kier molecular flexibility index (Phi) is 5.17. The lowest BCUT2D eigenvalue weighted by Crippen LogP contribution is -2.48. The number of amides is 2.